The predicted molar refractivity (Wildman–Crippen MR) is 73.5 cm³/mol. The SMILES string of the molecule is O=c1ncc(I)cn1CSc1ccccc1. The van der Waals surface area contributed by atoms with Gasteiger partial charge in [-0.05, 0) is 34.7 Å². The van der Waals surface area contributed by atoms with Crippen molar-refractivity contribution in [1.82, 2.24) is 9.55 Å². The van der Waals surface area contributed by atoms with E-state index in [9.17, 15) is 4.79 Å². The lowest BCUT2D eigenvalue weighted by Crippen LogP contribution is -2.21. The van der Waals surface area contributed by atoms with Crippen molar-refractivity contribution >= 4 is 34.4 Å². The maximum Gasteiger partial charge on any atom is 0.348 e. The second-order valence-corrected chi connectivity index (χ2v) is 5.37. The fourth-order valence-corrected chi connectivity index (χ4v) is 2.48. The summed E-state index contributed by atoms with van der Waals surface area (Å²) in [4.78, 5) is 16.4. The Balaban J connectivity index is 2.11. The van der Waals surface area contributed by atoms with Crippen LogP contribution in [0.4, 0.5) is 0 Å². The summed E-state index contributed by atoms with van der Waals surface area (Å²) in [5.41, 5.74) is -0.205. The largest absolute Gasteiger partial charge is 0.348 e. The van der Waals surface area contributed by atoms with E-state index in [4.69, 9.17) is 0 Å². The average molecular weight is 344 g/mol. The van der Waals surface area contributed by atoms with Crippen LogP contribution in [0.1, 0.15) is 0 Å². The van der Waals surface area contributed by atoms with Gasteiger partial charge < -0.3 is 0 Å². The van der Waals surface area contributed by atoms with Crippen LogP contribution in [0.25, 0.3) is 0 Å². The Hall–Kier alpha value is -0.820. The number of hydrogen-bond acceptors (Lipinski definition) is 3. The summed E-state index contributed by atoms with van der Waals surface area (Å²) in [5, 5.41) is 0. The molecule has 5 heteroatoms. The third kappa shape index (κ3) is 3.08. The third-order valence-electron chi connectivity index (χ3n) is 1.94. The van der Waals surface area contributed by atoms with Crippen LogP contribution in [-0.4, -0.2) is 9.55 Å². The lowest BCUT2D eigenvalue weighted by atomic mass is 10.4. The Morgan fingerprint density at radius 3 is 2.81 bits per heavy atom. The zero-order valence-electron chi connectivity index (χ0n) is 8.34. The van der Waals surface area contributed by atoms with Crippen molar-refractivity contribution in [3.8, 4) is 0 Å². The quantitative estimate of drug-likeness (QED) is 0.634. The Morgan fingerprint density at radius 2 is 2.06 bits per heavy atom. The number of halogens is 1. The number of aromatic nitrogens is 2. The molecule has 0 saturated heterocycles. The van der Waals surface area contributed by atoms with Crippen LogP contribution in [0.3, 0.4) is 0 Å². The summed E-state index contributed by atoms with van der Waals surface area (Å²) < 4.78 is 2.57. The number of thioether (sulfide) groups is 1. The van der Waals surface area contributed by atoms with Crippen molar-refractivity contribution in [2.24, 2.45) is 0 Å². The highest BCUT2D eigenvalue weighted by Gasteiger charge is 1.99. The van der Waals surface area contributed by atoms with Gasteiger partial charge in [-0.25, -0.2) is 9.78 Å². The second-order valence-electron chi connectivity index (χ2n) is 3.11. The summed E-state index contributed by atoms with van der Waals surface area (Å²) in [6.07, 6.45) is 3.39. The molecule has 0 saturated carbocycles. The van der Waals surface area contributed by atoms with Crippen LogP contribution in [0.5, 0.6) is 0 Å². The van der Waals surface area contributed by atoms with Crippen molar-refractivity contribution in [1.29, 1.82) is 0 Å². The minimum atomic E-state index is -0.205. The number of nitrogens with zero attached hydrogens (tertiary/aromatic N) is 2. The monoisotopic (exact) mass is 344 g/mol. The molecule has 0 spiro atoms. The Kier molecular flexibility index (Phi) is 4.00. The molecule has 0 amide bonds. The fraction of sp³-hybridized carbons (Fsp3) is 0.0909. The van der Waals surface area contributed by atoms with Gasteiger partial charge in [-0.1, -0.05) is 18.2 Å². The molecule has 1 aromatic carbocycles. The molecule has 0 radical (unpaired) electrons. The van der Waals surface area contributed by atoms with Gasteiger partial charge in [0, 0.05) is 20.9 Å². The van der Waals surface area contributed by atoms with Crippen LogP contribution in [-0.2, 0) is 5.88 Å². The molecule has 1 heterocycles. The van der Waals surface area contributed by atoms with Crippen LogP contribution >= 0.6 is 34.4 Å². The third-order valence-corrected chi connectivity index (χ3v) is 3.51. The molecular weight excluding hydrogens is 335 g/mol. The summed E-state index contributed by atoms with van der Waals surface area (Å²) in [6.45, 7) is 0. The zero-order valence-corrected chi connectivity index (χ0v) is 11.3. The molecule has 0 unspecified atom stereocenters. The van der Waals surface area contributed by atoms with Crippen LogP contribution in [0.2, 0.25) is 0 Å². The number of hydrogen-bond donors (Lipinski definition) is 0. The van der Waals surface area contributed by atoms with Crippen molar-refractivity contribution in [2.75, 3.05) is 0 Å². The molecule has 3 nitrogen and oxygen atoms in total. The Bertz CT molecular complexity index is 527. The van der Waals surface area contributed by atoms with Gasteiger partial charge >= 0.3 is 5.69 Å². The molecular formula is C11H9IN2OS. The summed E-state index contributed by atoms with van der Waals surface area (Å²) >= 11 is 3.76. The average Bonchev–Trinajstić information content (AvgIpc) is 2.32. The van der Waals surface area contributed by atoms with Crippen molar-refractivity contribution in [3.05, 3.63) is 56.8 Å². The van der Waals surface area contributed by atoms with E-state index < -0.39 is 0 Å². The van der Waals surface area contributed by atoms with E-state index in [1.807, 2.05) is 36.5 Å². The van der Waals surface area contributed by atoms with E-state index in [0.717, 1.165) is 8.47 Å². The van der Waals surface area contributed by atoms with E-state index in [-0.39, 0.29) is 5.69 Å². The van der Waals surface area contributed by atoms with E-state index in [1.54, 1.807) is 22.5 Å². The number of rotatable bonds is 3. The standard InChI is InChI=1S/C11H9IN2OS/c12-9-6-13-11(15)14(7-9)8-16-10-4-2-1-3-5-10/h1-7H,8H2. The van der Waals surface area contributed by atoms with Gasteiger partial charge in [0.2, 0.25) is 0 Å². The van der Waals surface area contributed by atoms with E-state index in [1.165, 1.54) is 0 Å². The molecule has 16 heavy (non-hydrogen) atoms. The normalized spacial score (nSPS) is 10.3. The molecule has 0 N–H and O–H groups in total. The molecule has 2 rings (SSSR count). The van der Waals surface area contributed by atoms with Crippen molar-refractivity contribution < 1.29 is 0 Å². The first-order valence-corrected chi connectivity index (χ1v) is 6.72. The molecule has 2 aromatic rings. The lowest BCUT2D eigenvalue weighted by Gasteiger charge is -2.04. The highest BCUT2D eigenvalue weighted by Crippen LogP contribution is 2.18. The highest BCUT2D eigenvalue weighted by atomic mass is 127. The van der Waals surface area contributed by atoms with Crippen LogP contribution < -0.4 is 5.69 Å². The maximum atomic E-state index is 11.4. The minimum absolute atomic E-state index is 0.205. The first-order valence-electron chi connectivity index (χ1n) is 4.65. The van der Waals surface area contributed by atoms with E-state index >= 15 is 0 Å². The maximum absolute atomic E-state index is 11.4. The Morgan fingerprint density at radius 1 is 1.31 bits per heavy atom. The van der Waals surface area contributed by atoms with Gasteiger partial charge in [0.25, 0.3) is 0 Å². The Labute approximate surface area is 111 Å². The van der Waals surface area contributed by atoms with Gasteiger partial charge in [-0.2, -0.15) is 0 Å². The van der Waals surface area contributed by atoms with Crippen molar-refractivity contribution in [3.63, 3.8) is 0 Å². The van der Waals surface area contributed by atoms with Gasteiger partial charge in [0.15, 0.2) is 0 Å². The lowest BCUT2D eigenvalue weighted by molar-refractivity contribution is 0.787. The topological polar surface area (TPSA) is 34.9 Å². The van der Waals surface area contributed by atoms with Crippen LogP contribution in [0.15, 0.2) is 52.4 Å². The molecule has 1 aromatic heterocycles. The molecule has 0 aliphatic carbocycles. The molecule has 82 valence electrons. The van der Waals surface area contributed by atoms with Gasteiger partial charge in [0.1, 0.15) is 0 Å². The minimum Gasteiger partial charge on any atom is -0.288 e. The number of benzene rings is 1. The molecule has 0 aliphatic heterocycles. The zero-order chi connectivity index (χ0) is 11.4. The molecule has 0 fully saturated rings. The molecule has 0 atom stereocenters. The van der Waals surface area contributed by atoms with Crippen molar-refractivity contribution in [2.45, 2.75) is 10.8 Å². The second kappa shape index (κ2) is 5.49. The van der Waals surface area contributed by atoms with E-state index in [0.29, 0.717) is 5.88 Å². The van der Waals surface area contributed by atoms with E-state index in [2.05, 4.69) is 27.6 Å². The first kappa shape index (κ1) is 11.7. The molecule has 0 aliphatic rings. The smallest absolute Gasteiger partial charge is 0.288 e. The fourth-order valence-electron chi connectivity index (χ4n) is 1.18. The first-order chi connectivity index (χ1) is 7.75. The summed E-state index contributed by atoms with van der Waals surface area (Å²) in [6, 6.07) is 9.99. The summed E-state index contributed by atoms with van der Waals surface area (Å²) in [7, 11) is 0. The molecule has 0 bridgehead atoms. The predicted octanol–water partition coefficient (Wildman–Crippen LogP) is 2.60. The van der Waals surface area contributed by atoms with Gasteiger partial charge in [-0.3, -0.25) is 4.57 Å². The highest BCUT2D eigenvalue weighted by molar-refractivity contribution is 14.1. The van der Waals surface area contributed by atoms with Crippen LogP contribution in [0, 0.1) is 3.57 Å². The van der Waals surface area contributed by atoms with Gasteiger partial charge in [-0.15, -0.1) is 11.8 Å². The van der Waals surface area contributed by atoms with Gasteiger partial charge in [0.05, 0.1) is 5.88 Å². The summed E-state index contributed by atoms with van der Waals surface area (Å²) in [5.74, 6) is 0.590.